The molecular formula is C22H26FNO4S. The number of halogens is 1. The van der Waals surface area contributed by atoms with E-state index in [4.69, 9.17) is 4.74 Å². The summed E-state index contributed by atoms with van der Waals surface area (Å²) in [7, 11) is -2.11. The number of hydrogen-bond donors (Lipinski definition) is 1. The molecule has 7 heteroatoms. The predicted octanol–water partition coefficient (Wildman–Crippen LogP) is 3.83. The molecule has 1 saturated carbocycles. The number of carbonyl (C=O) groups is 1. The van der Waals surface area contributed by atoms with Crippen molar-refractivity contribution in [3.63, 3.8) is 0 Å². The van der Waals surface area contributed by atoms with Crippen LogP contribution in [0.15, 0.2) is 53.4 Å². The normalized spacial score (nSPS) is 16.9. The first kappa shape index (κ1) is 21.3. The SMILES string of the molecule is COc1ccc(S(=O)(=O)CC(C)C(=O)NC2(c3ccc(F)cc3)CCCC2)cc1. The van der Waals surface area contributed by atoms with Crippen molar-refractivity contribution in [1.82, 2.24) is 5.32 Å². The van der Waals surface area contributed by atoms with Gasteiger partial charge in [0, 0.05) is 5.92 Å². The Morgan fingerprint density at radius 2 is 1.69 bits per heavy atom. The van der Waals surface area contributed by atoms with E-state index >= 15 is 0 Å². The van der Waals surface area contributed by atoms with Crippen LogP contribution < -0.4 is 10.1 Å². The summed E-state index contributed by atoms with van der Waals surface area (Å²) >= 11 is 0. The highest BCUT2D eigenvalue weighted by molar-refractivity contribution is 7.91. The van der Waals surface area contributed by atoms with Crippen LogP contribution in [0.3, 0.4) is 0 Å². The molecular weight excluding hydrogens is 393 g/mol. The molecule has 2 aromatic rings. The van der Waals surface area contributed by atoms with Gasteiger partial charge in [0.25, 0.3) is 0 Å². The third kappa shape index (κ3) is 4.78. The highest BCUT2D eigenvalue weighted by Gasteiger charge is 2.38. The number of nitrogens with one attached hydrogen (secondary N) is 1. The fraction of sp³-hybridized carbons (Fsp3) is 0.409. The van der Waals surface area contributed by atoms with Crippen molar-refractivity contribution in [2.45, 2.75) is 43.0 Å². The molecule has 0 saturated heterocycles. The zero-order valence-corrected chi connectivity index (χ0v) is 17.5. The van der Waals surface area contributed by atoms with Crippen LogP contribution in [0.5, 0.6) is 5.75 Å². The van der Waals surface area contributed by atoms with Crippen molar-refractivity contribution in [2.24, 2.45) is 5.92 Å². The summed E-state index contributed by atoms with van der Waals surface area (Å²) < 4.78 is 43.8. The second-order valence-corrected chi connectivity index (χ2v) is 9.68. The molecule has 0 spiro atoms. The molecule has 5 nitrogen and oxygen atoms in total. The molecule has 1 N–H and O–H groups in total. The molecule has 1 aliphatic carbocycles. The number of methoxy groups -OCH3 is 1. The van der Waals surface area contributed by atoms with Gasteiger partial charge < -0.3 is 10.1 Å². The molecule has 0 aliphatic heterocycles. The van der Waals surface area contributed by atoms with Gasteiger partial charge in [0.2, 0.25) is 5.91 Å². The first-order valence-corrected chi connectivity index (χ1v) is 11.4. The van der Waals surface area contributed by atoms with E-state index in [1.54, 1.807) is 31.2 Å². The Labute approximate surface area is 171 Å². The van der Waals surface area contributed by atoms with Crippen LogP contribution in [0.25, 0.3) is 0 Å². The lowest BCUT2D eigenvalue weighted by molar-refractivity contribution is -0.126. The minimum absolute atomic E-state index is 0.159. The predicted molar refractivity (Wildman–Crippen MR) is 109 cm³/mol. The minimum Gasteiger partial charge on any atom is -0.497 e. The van der Waals surface area contributed by atoms with Gasteiger partial charge in [0.15, 0.2) is 9.84 Å². The zero-order chi connectivity index (χ0) is 21.1. The highest BCUT2D eigenvalue weighted by atomic mass is 32.2. The van der Waals surface area contributed by atoms with Gasteiger partial charge in [0.05, 0.1) is 23.3 Å². The summed E-state index contributed by atoms with van der Waals surface area (Å²) in [6.07, 6.45) is 3.41. The van der Waals surface area contributed by atoms with Gasteiger partial charge in [-0.3, -0.25) is 4.79 Å². The molecule has 1 amide bonds. The molecule has 3 rings (SSSR count). The smallest absolute Gasteiger partial charge is 0.224 e. The van der Waals surface area contributed by atoms with Crippen LogP contribution >= 0.6 is 0 Å². The highest BCUT2D eigenvalue weighted by Crippen LogP contribution is 2.39. The number of amides is 1. The maximum atomic E-state index is 13.3. The largest absolute Gasteiger partial charge is 0.497 e. The lowest BCUT2D eigenvalue weighted by Gasteiger charge is -2.32. The van der Waals surface area contributed by atoms with Gasteiger partial charge in [-0.15, -0.1) is 0 Å². The number of hydrogen-bond acceptors (Lipinski definition) is 4. The molecule has 1 atom stereocenters. The molecule has 0 aromatic heterocycles. The van der Waals surface area contributed by atoms with Crippen molar-refractivity contribution in [2.75, 3.05) is 12.9 Å². The van der Waals surface area contributed by atoms with Gasteiger partial charge in [0.1, 0.15) is 11.6 Å². The molecule has 0 heterocycles. The van der Waals surface area contributed by atoms with E-state index in [1.807, 2.05) is 0 Å². The molecule has 1 fully saturated rings. The van der Waals surface area contributed by atoms with Crippen LogP contribution in [0.4, 0.5) is 4.39 Å². The Bertz CT molecular complexity index is 949. The van der Waals surface area contributed by atoms with E-state index in [1.165, 1.54) is 31.4 Å². The molecule has 1 aliphatic rings. The van der Waals surface area contributed by atoms with Gasteiger partial charge in [-0.25, -0.2) is 12.8 Å². The third-order valence-corrected chi connectivity index (χ3v) is 7.48. The Balaban J connectivity index is 1.73. The van der Waals surface area contributed by atoms with Crippen molar-refractivity contribution < 1.29 is 22.3 Å². The number of sulfone groups is 1. The third-order valence-electron chi connectivity index (χ3n) is 5.55. The Kier molecular flexibility index (Phi) is 6.27. The van der Waals surface area contributed by atoms with E-state index < -0.39 is 21.3 Å². The Hall–Kier alpha value is -2.41. The standard InChI is InChI=1S/C22H26FNO4S/c1-16(15-29(26,27)20-11-9-19(28-2)10-12-20)21(25)24-22(13-3-4-14-22)17-5-7-18(23)8-6-17/h5-12,16H,3-4,13-15H2,1-2H3,(H,24,25). The quantitative estimate of drug-likeness (QED) is 0.740. The fourth-order valence-electron chi connectivity index (χ4n) is 3.88. The number of benzene rings is 2. The average molecular weight is 420 g/mol. The summed E-state index contributed by atoms with van der Waals surface area (Å²) in [5.41, 5.74) is 0.290. The van der Waals surface area contributed by atoms with Crippen LogP contribution in [0.2, 0.25) is 0 Å². The van der Waals surface area contributed by atoms with Crippen molar-refractivity contribution in [1.29, 1.82) is 0 Å². The molecule has 2 aromatic carbocycles. The van der Waals surface area contributed by atoms with Crippen molar-refractivity contribution in [3.05, 3.63) is 59.9 Å². The molecule has 156 valence electrons. The lowest BCUT2D eigenvalue weighted by atomic mass is 9.87. The summed E-state index contributed by atoms with van der Waals surface area (Å²) in [5.74, 6) is -1.08. The number of ether oxygens (including phenoxy) is 1. The second-order valence-electron chi connectivity index (χ2n) is 7.64. The van der Waals surface area contributed by atoms with Gasteiger partial charge in [-0.1, -0.05) is 31.9 Å². The molecule has 1 unspecified atom stereocenters. The Morgan fingerprint density at radius 1 is 1.10 bits per heavy atom. The van der Waals surface area contributed by atoms with Gasteiger partial charge in [-0.2, -0.15) is 0 Å². The number of carbonyl (C=O) groups excluding carboxylic acids is 1. The zero-order valence-electron chi connectivity index (χ0n) is 16.7. The summed E-state index contributed by atoms with van der Waals surface area (Å²) in [6.45, 7) is 1.61. The van der Waals surface area contributed by atoms with E-state index in [-0.39, 0.29) is 22.4 Å². The average Bonchev–Trinajstić information content (AvgIpc) is 3.17. The summed E-state index contributed by atoms with van der Waals surface area (Å²) in [5, 5.41) is 3.07. The molecule has 0 radical (unpaired) electrons. The van der Waals surface area contributed by atoms with Crippen LogP contribution in [0.1, 0.15) is 38.2 Å². The van der Waals surface area contributed by atoms with Crippen LogP contribution in [-0.2, 0) is 20.2 Å². The first-order chi connectivity index (χ1) is 13.8. The van der Waals surface area contributed by atoms with Gasteiger partial charge >= 0.3 is 0 Å². The number of rotatable bonds is 7. The van der Waals surface area contributed by atoms with Crippen LogP contribution in [-0.4, -0.2) is 27.2 Å². The lowest BCUT2D eigenvalue weighted by Crippen LogP contribution is -2.47. The minimum atomic E-state index is -3.62. The Morgan fingerprint density at radius 3 is 2.24 bits per heavy atom. The van der Waals surface area contributed by atoms with E-state index in [0.717, 1.165) is 31.2 Å². The maximum Gasteiger partial charge on any atom is 0.224 e. The summed E-state index contributed by atoms with van der Waals surface area (Å²) in [4.78, 5) is 13.0. The van der Waals surface area contributed by atoms with E-state index in [0.29, 0.717) is 5.75 Å². The second kappa shape index (κ2) is 8.53. The monoisotopic (exact) mass is 419 g/mol. The van der Waals surface area contributed by atoms with Crippen molar-refractivity contribution >= 4 is 15.7 Å². The molecule has 29 heavy (non-hydrogen) atoms. The maximum absolute atomic E-state index is 13.3. The van der Waals surface area contributed by atoms with Gasteiger partial charge in [-0.05, 0) is 54.8 Å². The van der Waals surface area contributed by atoms with E-state index in [9.17, 15) is 17.6 Å². The summed E-state index contributed by atoms with van der Waals surface area (Å²) in [6, 6.07) is 12.3. The molecule has 0 bridgehead atoms. The topological polar surface area (TPSA) is 72.5 Å². The fourth-order valence-corrected chi connectivity index (χ4v) is 5.43. The van der Waals surface area contributed by atoms with Crippen LogP contribution in [0, 0.1) is 11.7 Å². The van der Waals surface area contributed by atoms with E-state index in [2.05, 4.69) is 5.32 Å². The van der Waals surface area contributed by atoms with Crippen molar-refractivity contribution in [3.8, 4) is 5.75 Å². The first-order valence-electron chi connectivity index (χ1n) is 9.71.